The van der Waals surface area contributed by atoms with Gasteiger partial charge in [0.1, 0.15) is 6.04 Å². The van der Waals surface area contributed by atoms with E-state index in [4.69, 9.17) is 0 Å². The Hall–Kier alpha value is -3.21. The Balaban J connectivity index is 1.34. The Morgan fingerprint density at radius 3 is 2.24 bits per heavy atom. The molecule has 2 bridgehead atoms. The molecule has 5 heteroatoms. The van der Waals surface area contributed by atoms with E-state index in [0.717, 1.165) is 28.8 Å². The highest BCUT2D eigenvalue weighted by Gasteiger charge is 2.67. The lowest BCUT2D eigenvalue weighted by molar-refractivity contribution is -0.146. The molecule has 2 saturated carbocycles. The van der Waals surface area contributed by atoms with Gasteiger partial charge in [-0.1, -0.05) is 54.6 Å². The molecule has 3 fully saturated rings. The number of carbonyl (C=O) groups excluding carboxylic acids is 3. The first-order valence-electron chi connectivity index (χ1n) is 11.9. The summed E-state index contributed by atoms with van der Waals surface area (Å²) in [6.45, 7) is 3.92. The monoisotopic (exact) mass is 440 g/mol. The van der Waals surface area contributed by atoms with E-state index < -0.39 is 6.04 Å². The smallest absolute Gasteiger partial charge is 0.248 e. The van der Waals surface area contributed by atoms with Crippen molar-refractivity contribution >= 4 is 23.4 Å². The maximum atomic E-state index is 13.7. The van der Waals surface area contributed by atoms with Crippen LogP contribution in [-0.4, -0.2) is 28.7 Å². The Labute approximate surface area is 193 Å². The molecular formula is C28H28N2O3. The maximum Gasteiger partial charge on any atom is 0.248 e. The van der Waals surface area contributed by atoms with Crippen LogP contribution in [0.2, 0.25) is 0 Å². The van der Waals surface area contributed by atoms with Crippen molar-refractivity contribution in [2.75, 3.05) is 5.32 Å². The average Bonchev–Trinajstić information content (AvgIpc) is 3.59. The highest BCUT2D eigenvalue weighted by molar-refractivity contribution is 6.11. The van der Waals surface area contributed by atoms with Crippen LogP contribution in [0.5, 0.6) is 0 Å². The molecule has 3 amide bonds. The van der Waals surface area contributed by atoms with Crippen molar-refractivity contribution in [3.63, 3.8) is 0 Å². The van der Waals surface area contributed by atoms with Crippen molar-refractivity contribution in [3.05, 3.63) is 77.4 Å². The molecule has 2 aromatic carbocycles. The highest BCUT2D eigenvalue weighted by atomic mass is 16.2. The van der Waals surface area contributed by atoms with Gasteiger partial charge in [0.15, 0.2) is 0 Å². The number of benzene rings is 2. The second-order valence-corrected chi connectivity index (χ2v) is 10.2. The van der Waals surface area contributed by atoms with Crippen molar-refractivity contribution in [2.45, 2.75) is 32.7 Å². The van der Waals surface area contributed by atoms with Crippen molar-refractivity contribution in [1.82, 2.24) is 4.90 Å². The minimum Gasteiger partial charge on any atom is -0.324 e. The zero-order valence-corrected chi connectivity index (χ0v) is 18.9. The van der Waals surface area contributed by atoms with E-state index in [9.17, 15) is 14.4 Å². The lowest BCUT2D eigenvalue weighted by Gasteiger charge is -2.37. The second-order valence-electron chi connectivity index (χ2n) is 10.2. The third-order valence-corrected chi connectivity index (χ3v) is 8.23. The van der Waals surface area contributed by atoms with E-state index in [1.165, 1.54) is 4.90 Å². The molecule has 1 aliphatic heterocycles. The standard InChI is InChI=1S/C28H28N2O3/c1-15-8-9-16(2)22(12-15)29-26(31)23(13-17-6-4-3-5-7-17)30-27(32)24-18-10-11-19(21-14-20(18)21)25(24)28(30)33/h3-12,18-21,23-25H,13-14H2,1-2H3,(H,29,31)/t18-,19-,20-,21-,23+,24+,25+/m1/s1. The Morgan fingerprint density at radius 1 is 0.970 bits per heavy atom. The predicted molar refractivity (Wildman–Crippen MR) is 125 cm³/mol. The van der Waals surface area contributed by atoms with Crippen molar-refractivity contribution in [2.24, 2.45) is 35.5 Å². The van der Waals surface area contributed by atoms with Crippen molar-refractivity contribution in [1.29, 1.82) is 0 Å². The van der Waals surface area contributed by atoms with E-state index >= 15 is 0 Å². The van der Waals surface area contributed by atoms with Crippen LogP contribution in [0.15, 0.2) is 60.7 Å². The molecule has 0 spiro atoms. The lowest BCUT2D eigenvalue weighted by Crippen LogP contribution is -2.49. The molecule has 0 aromatic heterocycles. The van der Waals surface area contributed by atoms with Crippen LogP contribution in [0.25, 0.3) is 0 Å². The zero-order valence-electron chi connectivity index (χ0n) is 18.9. The minimum absolute atomic E-state index is 0.144. The van der Waals surface area contributed by atoms with Gasteiger partial charge in [-0.3, -0.25) is 19.3 Å². The molecule has 7 atom stereocenters. The Morgan fingerprint density at radius 2 is 1.61 bits per heavy atom. The van der Waals surface area contributed by atoms with Gasteiger partial charge in [-0.05, 0) is 66.7 Å². The highest BCUT2D eigenvalue weighted by Crippen LogP contribution is 2.65. The number of hydrogen-bond donors (Lipinski definition) is 1. The molecule has 0 unspecified atom stereocenters. The fourth-order valence-electron chi connectivity index (χ4n) is 6.51. The van der Waals surface area contributed by atoms with Gasteiger partial charge in [-0.25, -0.2) is 0 Å². The molecule has 5 nitrogen and oxygen atoms in total. The number of imide groups is 1. The first-order valence-corrected chi connectivity index (χ1v) is 11.9. The van der Waals surface area contributed by atoms with Crippen LogP contribution in [0.4, 0.5) is 5.69 Å². The predicted octanol–water partition coefficient (Wildman–Crippen LogP) is 3.91. The fraction of sp³-hybridized carbons (Fsp3) is 0.393. The van der Waals surface area contributed by atoms with Gasteiger partial charge in [0.05, 0.1) is 11.8 Å². The number of likely N-dealkylation sites (tertiary alicyclic amines) is 1. The molecule has 4 aliphatic carbocycles. The SMILES string of the molecule is Cc1ccc(C)c(NC(=O)[C@H](Cc2ccccc2)N2C(=O)[C@H]3[C@@H]4C=C[C@H]([C@H]5C[C@H]45)[C@@H]3C2=O)c1. The van der Waals surface area contributed by atoms with Gasteiger partial charge in [0, 0.05) is 12.1 Å². The van der Waals surface area contributed by atoms with Gasteiger partial charge in [-0.15, -0.1) is 0 Å². The van der Waals surface area contributed by atoms with E-state index in [0.29, 0.717) is 18.3 Å². The number of hydrogen-bond acceptors (Lipinski definition) is 3. The van der Waals surface area contributed by atoms with E-state index in [-0.39, 0.29) is 41.4 Å². The summed E-state index contributed by atoms with van der Waals surface area (Å²) in [5.74, 6) is 0.128. The Bertz CT molecular complexity index is 1150. The summed E-state index contributed by atoms with van der Waals surface area (Å²) in [6, 6.07) is 14.7. The molecular weight excluding hydrogens is 412 g/mol. The second kappa shape index (κ2) is 7.41. The van der Waals surface area contributed by atoms with Crippen LogP contribution in [0.3, 0.4) is 0 Å². The first kappa shape index (κ1) is 20.4. The molecule has 33 heavy (non-hydrogen) atoms. The number of allylic oxidation sites excluding steroid dienone is 2. The number of nitrogens with zero attached hydrogens (tertiary/aromatic N) is 1. The molecule has 2 aromatic rings. The van der Waals surface area contributed by atoms with Crippen molar-refractivity contribution < 1.29 is 14.4 Å². The van der Waals surface area contributed by atoms with Crippen LogP contribution in [0.1, 0.15) is 23.1 Å². The van der Waals surface area contributed by atoms with E-state index in [2.05, 4.69) is 17.5 Å². The third-order valence-electron chi connectivity index (χ3n) is 8.23. The van der Waals surface area contributed by atoms with Crippen LogP contribution in [-0.2, 0) is 20.8 Å². The number of nitrogens with one attached hydrogen (secondary N) is 1. The normalized spacial score (nSPS) is 31.9. The number of anilines is 1. The maximum absolute atomic E-state index is 13.7. The Kier molecular flexibility index (Phi) is 4.58. The number of rotatable bonds is 5. The van der Waals surface area contributed by atoms with Crippen LogP contribution < -0.4 is 5.32 Å². The molecule has 7 rings (SSSR count). The number of carbonyl (C=O) groups is 3. The molecule has 1 saturated heterocycles. The zero-order chi connectivity index (χ0) is 22.9. The summed E-state index contributed by atoms with van der Waals surface area (Å²) >= 11 is 0. The van der Waals surface area contributed by atoms with Gasteiger partial charge < -0.3 is 5.32 Å². The summed E-state index contributed by atoms with van der Waals surface area (Å²) in [5.41, 5.74) is 3.63. The minimum atomic E-state index is -0.867. The van der Waals surface area contributed by atoms with Crippen LogP contribution in [0, 0.1) is 49.4 Å². The average molecular weight is 441 g/mol. The number of amides is 3. The molecule has 5 aliphatic rings. The van der Waals surface area contributed by atoms with Gasteiger partial charge >= 0.3 is 0 Å². The van der Waals surface area contributed by atoms with Crippen LogP contribution >= 0.6 is 0 Å². The lowest BCUT2D eigenvalue weighted by atomic mass is 9.63. The topological polar surface area (TPSA) is 66.5 Å². The van der Waals surface area contributed by atoms with E-state index in [1.54, 1.807) is 0 Å². The summed E-state index contributed by atoms with van der Waals surface area (Å²) in [6.07, 6.45) is 5.76. The summed E-state index contributed by atoms with van der Waals surface area (Å²) < 4.78 is 0. The van der Waals surface area contributed by atoms with Gasteiger partial charge in [0.2, 0.25) is 17.7 Å². The molecule has 1 N–H and O–H groups in total. The summed E-state index contributed by atoms with van der Waals surface area (Å²) in [4.78, 5) is 42.4. The largest absolute Gasteiger partial charge is 0.324 e. The van der Waals surface area contributed by atoms with Gasteiger partial charge in [0.25, 0.3) is 0 Å². The quantitative estimate of drug-likeness (QED) is 0.566. The summed E-state index contributed by atoms with van der Waals surface area (Å²) in [5, 5.41) is 3.03. The molecule has 1 heterocycles. The third kappa shape index (κ3) is 3.17. The summed E-state index contributed by atoms with van der Waals surface area (Å²) in [7, 11) is 0. The molecule has 168 valence electrons. The molecule has 0 radical (unpaired) electrons. The van der Waals surface area contributed by atoms with Crippen molar-refractivity contribution in [3.8, 4) is 0 Å². The first-order chi connectivity index (χ1) is 15.9. The fourth-order valence-corrected chi connectivity index (χ4v) is 6.51. The van der Waals surface area contributed by atoms with Gasteiger partial charge in [-0.2, -0.15) is 0 Å². The van der Waals surface area contributed by atoms with E-state index in [1.807, 2.05) is 62.4 Å². The number of aryl methyl sites for hydroxylation is 2.